The minimum Gasteiger partial charge on any atom is -0.497 e. The zero-order chi connectivity index (χ0) is 14.5. The third kappa shape index (κ3) is 4.24. The van der Waals surface area contributed by atoms with Gasteiger partial charge in [-0.2, -0.15) is 5.10 Å². The predicted molar refractivity (Wildman–Crippen MR) is 79.2 cm³/mol. The number of aromatic amines is 1. The molecule has 1 aromatic carbocycles. The van der Waals surface area contributed by atoms with Crippen LogP contribution < -0.4 is 9.47 Å². The maximum atomic E-state index is 10.7. The lowest BCUT2D eigenvalue weighted by molar-refractivity contribution is 0.0690. The lowest BCUT2D eigenvalue weighted by Gasteiger charge is -2.07. The fourth-order valence-electron chi connectivity index (χ4n) is 1.89. The van der Waals surface area contributed by atoms with E-state index in [1.54, 1.807) is 20.3 Å². The summed E-state index contributed by atoms with van der Waals surface area (Å²) in [5, 5.41) is 15.2. The van der Waals surface area contributed by atoms with Crippen molar-refractivity contribution in [2.75, 3.05) is 14.2 Å². The molecule has 0 saturated carbocycles. The van der Waals surface area contributed by atoms with Gasteiger partial charge in [0.25, 0.3) is 0 Å². The molecule has 2 N–H and O–H groups in total. The fraction of sp³-hybridized carbons (Fsp3) is 0.333. The van der Waals surface area contributed by atoms with E-state index in [1.807, 2.05) is 18.2 Å². The number of aromatic nitrogens is 2. The van der Waals surface area contributed by atoms with Crippen LogP contribution in [0.2, 0.25) is 0 Å². The lowest BCUT2D eigenvalue weighted by Crippen LogP contribution is -1.95. The van der Waals surface area contributed by atoms with Crippen LogP contribution in [0.4, 0.5) is 0 Å². The van der Waals surface area contributed by atoms with E-state index < -0.39 is 5.97 Å². The molecule has 0 spiro atoms. The first-order chi connectivity index (χ1) is 9.62. The van der Waals surface area contributed by atoms with Crippen molar-refractivity contribution in [3.05, 3.63) is 41.2 Å². The number of benzene rings is 1. The summed E-state index contributed by atoms with van der Waals surface area (Å²) in [6, 6.07) is 7.20. The molecule has 1 heterocycles. The summed E-state index contributed by atoms with van der Waals surface area (Å²) in [6.45, 7) is 0. The Labute approximate surface area is 123 Å². The molecule has 0 unspecified atom stereocenters. The molecule has 21 heavy (non-hydrogen) atoms. The van der Waals surface area contributed by atoms with E-state index >= 15 is 0 Å². The molecule has 2 rings (SSSR count). The molecular formula is C15H20N2O4. The molecule has 6 nitrogen and oxygen atoms in total. The predicted octanol–water partition coefficient (Wildman–Crippen LogP) is 2.55. The van der Waals surface area contributed by atoms with Crippen LogP contribution in [0.15, 0.2) is 24.3 Å². The molecule has 0 bridgehead atoms. The Balaban J connectivity index is 0.00000220. The number of H-pyrrole nitrogens is 1. The van der Waals surface area contributed by atoms with Gasteiger partial charge in [-0.25, -0.2) is 4.79 Å². The van der Waals surface area contributed by atoms with Crippen LogP contribution in [-0.4, -0.2) is 35.5 Å². The zero-order valence-electron chi connectivity index (χ0n) is 11.3. The highest BCUT2D eigenvalue weighted by molar-refractivity contribution is 5.85. The summed E-state index contributed by atoms with van der Waals surface area (Å²) in [5.41, 5.74) is 1.86. The van der Waals surface area contributed by atoms with Crippen molar-refractivity contribution in [2.45, 2.75) is 20.3 Å². The first-order valence-electron chi connectivity index (χ1n) is 6.12. The molecule has 2 aromatic rings. The number of carboxylic acid groups (broad SMARTS) is 1. The van der Waals surface area contributed by atoms with Gasteiger partial charge >= 0.3 is 5.97 Å². The van der Waals surface area contributed by atoms with Crippen molar-refractivity contribution in [1.82, 2.24) is 10.2 Å². The quantitative estimate of drug-likeness (QED) is 0.854. The number of rotatable bonds is 6. The molecule has 0 radical (unpaired) electrons. The molecule has 0 fully saturated rings. The number of aryl methyl sites for hydroxylation is 2. The number of aromatic carboxylic acids is 1. The molecule has 114 valence electrons. The average Bonchev–Trinajstić information content (AvgIpc) is 2.93. The summed E-state index contributed by atoms with van der Waals surface area (Å²) in [6.07, 6.45) is 1.39. The second kappa shape index (κ2) is 7.33. The van der Waals surface area contributed by atoms with Gasteiger partial charge in [-0.15, -0.1) is 0 Å². The molecule has 0 aliphatic heterocycles. The van der Waals surface area contributed by atoms with Crippen molar-refractivity contribution in [3.63, 3.8) is 0 Å². The first-order valence-corrected chi connectivity index (χ1v) is 6.12. The Morgan fingerprint density at radius 2 is 1.76 bits per heavy atom. The molecule has 0 atom stereocenters. The van der Waals surface area contributed by atoms with Crippen molar-refractivity contribution < 1.29 is 19.4 Å². The van der Waals surface area contributed by atoms with Gasteiger partial charge in [0.15, 0.2) is 5.69 Å². The fourth-order valence-corrected chi connectivity index (χ4v) is 1.89. The average molecular weight is 292 g/mol. The van der Waals surface area contributed by atoms with Crippen LogP contribution >= 0.6 is 0 Å². The van der Waals surface area contributed by atoms with Crippen molar-refractivity contribution in [3.8, 4) is 11.5 Å². The van der Waals surface area contributed by atoms with Gasteiger partial charge in [0.1, 0.15) is 11.5 Å². The van der Waals surface area contributed by atoms with Gasteiger partial charge in [0.05, 0.1) is 14.2 Å². The van der Waals surface area contributed by atoms with Crippen LogP contribution in [0.1, 0.15) is 29.2 Å². The number of hydrogen-bond donors (Lipinski definition) is 2. The van der Waals surface area contributed by atoms with Crippen LogP contribution in [-0.2, 0) is 12.8 Å². The van der Waals surface area contributed by atoms with E-state index in [2.05, 4.69) is 10.2 Å². The minimum absolute atomic E-state index is 0. The second-order valence-corrected chi connectivity index (χ2v) is 4.30. The van der Waals surface area contributed by atoms with Crippen molar-refractivity contribution in [1.29, 1.82) is 0 Å². The number of nitrogens with one attached hydrogen (secondary N) is 1. The van der Waals surface area contributed by atoms with Gasteiger partial charge < -0.3 is 14.6 Å². The Kier molecular flexibility index (Phi) is 5.78. The first kappa shape index (κ1) is 16.6. The Morgan fingerprint density at radius 1 is 1.14 bits per heavy atom. The number of hydrogen-bond acceptors (Lipinski definition) is 4. The standard InChI is InChI=1S/C14H16N2O4.CH4/c1-19-11-5-9(6-12(8-11)20-2)3-4-10-7-13(14(17)18)16-15-10;/h5-8H,3-4H2,1-2H3,(H,15,16)(H,17,18);1H4. The Morgan fingerprint density at radius 3 is 2.24 bits per heavy atom. The zero-order valence-corrected chi connectivity index (χ0v) is 11.3. The van der Waals surface area contributed by atoms with Crippen LogP contribution in [0.5, 0.6) is 11.5 Å². The van der Waals surface area contributed by atoms with Gasteiger partial charge in [-0.3, -0.25) is 5.10 Å². The monoisotopic (exact) mass is 292 g/mol. The van der Waals surface area contributed by atoms with E-state index in [0.717, 1.165) is 29.2 Å². The summed E-state index contributed by atoms with van der Waals surface area (Å²) >= 11 is 0. The maximum Gasteiger partial charge on any atom is 0.356 e. The third-order valence-corrected chi connectivity index (χ3v) is 2.94. The highest BCUT2D eigenvalue weighted by Crippen LogP contribution is 2.23. The molecule has 0 aliphatic carbocycles. The molecule has 0 amide bonds. The van der Waals surface area contributed by atoms with Crippen LogP contribution in [0, 0.1) is 0 Å². The number of ether oxygens (including phenoxy) is 2. The molecule has 1 aromatic heterocycles. The molecule has 0 saturated heterocycles. The van der Waals surface area contributed by atoms with E-state index in [4.69, 9.17) is 14.6 Å². The summed E-state index contributed by atoms with van der Waals surface area (Å²) in [7, 11) is 3.21. The van der Waals surface area contributed by atoms with E-state index in [9.17, 15) is 4.79 Å². The molecular weight excluding hydrogens is 272 g/mol. The van der Waals surface area contributed by atoms with Gasteiger partial charge in [-0.1, -0.05) is 7.43 Å². The topological polar surface area (TPSA) is 84.4 Å². The number of carbonyl (C=O) groups is 1. The van der Waals surface area contributed by atoms with E-state index in [1.165, 1.54) is 0 Å². The van der Waals surface area contributed by atoms with E-state index in [-0.39, 0.29) is 13.1 Å². The highest BCUT2D eigenvalue weighted by Gasteiger charge is 2.08. The highest BCUT2D eigenvalue weighted by atomic mass is 16.5. The summed E-state index contributed by atoms with van der Waals surface area (Å²) in [4.78, 5) is 10.7. The Bertz CT molecular complexity index is 585. The minimum atomic E-state index is -1.03. The number of methoxy groups -OCH3 is 2. The lowest BCUT2D eigenvalue weighted by atomic mass is 10.1. The Hall–Kier alpha value is -2.50. The second-order valence-electron chi connectivity index (χ2n) is 4.30. The van der Waals surface area contributed by atoms with Gasteiger partial charge in [-0.05, 0) is 36.6 Å². The number of nitrogens with zero attached hydrogens (tertiary/aromatic N) is 1. The third-order valence-electron chi connectivity index (χ3n) is 2.94. The van der Waals surface area contributed by atoms with Crippen molar-refractivity contribution >= 4 is 5.97 Å². The largest absolute Gasteiger partial charge is 0.497 e. The van der Waals surface area contributed by atoms with E-state index in [0.29, 0.717) is 6.42 Å². The van der Waals surface area contributed by atoms with Crippen LogP contribution in [0.25, 0.3) is 0 Å². The van der Waals surface area contributed by atoms with Crippen molar-refractivity contribution in [2.24, 2.45) is 0 Å². The summed E-state index contributed by atoms with van der Waals surface area (Å²) in [5.74, 6) is 0.431. The SMILES string of the molecule is C.COc1cc(CCc2cc(C(=O)O)n[nH]2)cc(OC)c1. The normalized spacial score (nSPS) is 9.81. The molecule has 0 aliphatic rings. The van der Waals surface area contributed by atoms with Crippen LogP contribution in [0.3, 0.4) is 0 Å². The maximum absolute atomic E-state index is 10.7. The molecule has 6 heteroatoms. The summed E-state index contributed by atoms with van der Waals surface area (Å²) < 4.78 is 10.4. The van der Waals surface area contributed by atoms with Gasteiger partial charge in [0, 0.05) is 11.8 Å². The van der Waals surface area contributed by atoms with Gasteiger partial charge in [0.2, 0.25) is 0 Å². The smallest absolute Gasteiger partial charge is 0.356 e. The number of carboxylic acids is 1.